The number of likely N-dealkylation sites (tertiary alicyclic amines) is 1. The molecule has 1 atom stereocenters. The van der Waals surface area contributed by atoms with Crippen molar-refractivity contribution >= 4 is 5.91 Å². The number of pyridine rings is 1. The van der Waals surface area contributed by atoms with E-state index in [-0.39, 0.29) is 23.5 Å². The van der Waals surface area contributed by atoms with E-state index in [2.05, 4.69) is 9.97 Å². The molecule has 3 rings (SSSR count). The first-order chi connectivity index (χ1) is 10.8. The standard InChI is InChI=1S/C14H14F3N5O/c15-14(16,17)9-1-3-19-12(5-9)22-7-11(20-8-22)13(23)21-4-2-10(18)6-21/h1,3,5,7-8,10H,2,4,6,18H2. The first-order valence-corrected chi connectivity index (χ1v) is 6.97. The Morgan fingerprint density at radius 3 is 2.78 bits per heavy atom. The Morgan fingerprint density at radius 2 is 2.13 bits per heavy atom. The first-order valence-electron chi connectivity index (χ1n) is 6.97. The molecule has 0 aromatic carbocycles. The van der Waals surface area contributed by atoms with Crippen molar-refractivity contribution in [3.63, 3.8) is 0 Å². The normalized spacial score (nSPS) is 18.4. The summed E-state index contributed by atoms with van der Waals surface area (Å²) < 4.78 is 39.5. The number of imidazole rings is 1. The first kappa shape index (κ1) is 15.5. The average Bonchev–Trinajstić information content (AvgIpc) is 3.15. The molecular weight excluding hydrogens is 311 g/mol. The molecule has 9 heteroatoms. The maximum absolute atomic E-state index is 12.7. The van der Waals surface area contributed by atoms with Gasteiger partial charge in [0.25, 0.3) is 5.91 Å². The molecule has 1 aliphatic heterocycles. The van der Waals surface area contributed by atoms with E-state index in [1.807, 2.05) is 0 Å². The zero-order chi connectivity index (χ0) is 16.6. The minimum absolute atomic E-state index is 0.0458. The van der Waals surface area contributed by atoms with Crippen LogP contribution in [0.15, 0.2) is 30.9 Å². The smallest absolute Gasteiger partial charge is 0.336 e. The Kier molecular flexibility index (Phi) is 3.80. The van der Waals surface area contributed by atoms with E-state index < -0.39 is 11.7 Å². The number of nitrogens with zero attached hydrogens (tertiary/aromatic N) is 4. The molecule has 0 radical (unpaired) electrons. The summed E-state index contributed by atoms with van der Waals surface area (Å²) in [6, 6.07) is 1.74. The Hall–Kier alpha value is -2.42. The lowest BCUT2D eigenvalue weighted by molar-refractivity contribution is -0.137. The number of carbonyl (C=O) groups excluding carboxylic acids is 1. The number of nitrogens with two attached hydrogens (primary N) is 1. The molecular formula is C14H14F3N5O. The second-order valence-electron chi connectivity index (χ2n) is 5.37. The van der Waals surface area contributed by atoms with E-state index in [0.717, 1.165) is 24.8 Å². The Bertz CT molecular complexity index is 727. The van der Waals surface area contributed by atoms with Crippen molar-refractivity contribution in [2.24, 2.45) is 5.73 Å². The van der Waals surface area contributed by atoms with Gasteiger partial charge in [0.15, 0.2) is 0 Å². The van der Waals surface area contributed by atoms with Gasteiger partial charge in [0.2, 0.25) is 0 Å². The van der Waals surface area contributed by atoms with Gasteiger partial charge in [-0.1, -0.05) is 0 Å². The second-order valence-corrected chi connectivity index (χ2v) is 5.37. The van der Waals surface area contributed by atoms with Crippen molar-refractivity contribution in [1.29, 1.82) is 0 Å². The van der Waals surface area contributed by atoms with Gasteiger partial charge in [-0.2, -0.15) is 13.2 Å². The summed E-state index contributed by atoms with van der Waals surface area (Å²) in [7, 11) is 0. The summed E-state index contributed by atoms with van der Waals surface area (Å²) in [6.45, 7) is 1.00. The summed E-state index contributed by atoms with van der Waals surface area (Å²) >= 11 is 0. The van der Waals surface area contributed by atoms with Gasteiger partial charge in [0, 0.05) is 31.5 Å². The van der Waals surface area contributed by atoms with Crippen LogP contribution in [0.5, 0.6) is 0 Å². The Morgan fingerprint density at radius 1 is 1.35 bits per heavy atom. The van der Waals surface area contributed by atoms with Crippen LogP contribution in [0.4, 0.5) is 13.2 Å². The molecule has 3 heterocycles. The Labute approximate surface area is 129 Å². The van der Waals surface area contributed by atoms with E-state index in [4.69, 9.17) is 5.73 Å². The molecule has 6 nitrogen and oxygen atoms in total. The molecule has 23 heavy (non-hydrogen) atoms. The van der Waals surface area contributed by atoms with Crippen LogP contribution >= 0.6 is 0 Å². The van der Waals surface area contributed by atoms with Crippen molar-refractivity contribution in [2.45, 2.75) is 18.6 Å². The maximum atomic E-state index is 12.7. The van der Waals surface area contributed by atoms with Crippen LogP contribution in [-0.4, -0.2) is 44.5 Å². The number of aromatic nitrogens is 3. The highest BCUT2D eigenvalue weighted by molar-refractivity contribution is 5.92. The fourth-order valence-corrected chi connectivity index (χ4v) is 2.43. The quantitative estimate of drug-likeness (QED) is 0.907. The SMILES string of the molecule is NC1CCN(C(=O)c2cn(-c3cc(C(F)(F)F)ccn3)cn2)C1. The molecule has 1 fully saturated rings. The van der Waals surface area contributed by atoms with Crippen molar-refractivity contribution in [2.75, 3.05) is 13.1 Å². The molecule has 2 aromatic heterocycles. The molecule has 0 bridgehead atoms. The molecule has 1 amide bonds. The average molecular weight is 325 g/mol. The van der Waals surface area contributed by atoms with Gasteiger partial charge in [0.05, 0.1) is 5.56 Å². The number of halogens is 3. The molecule has 2 N–H and O–H groups in total. The molecule has 0 spiro atoms. The number of hydrogen-bond acceptors (Lipinski definition) is 4. The predicted octanol–water partition coefficient (Wildman–Crippen LogP) is 1.46. The molecule has 122 valence electrons. The zero-order valence-electron chi connectivity index (χ0n) is 12.0. The van der Waals surface area contributed by atoms with E-state index in [1.54, 1.807) is 4.90 Å². The van der Waals surface area contributed by atoms with Crippen LogP contribution in [0.2, 0.25) is 0 Å². The molecule has 2 aromatic rings. The van der Waals surface area contributed by atoms with Crippen LogP contribution in [0, 0.1) is 0 Å². The third-order valence-electron chi connectivity index (χ3n) is 3.65. The molecule has 1 saturated heterocycles. The highest BCUT2D eigenvalue weighted by Gasteiger charge is 2.31. The van der Waals surface area contributed by atoms with Crippen LogP contribution < -0.4 is 5.73 Å². The van der Waals surface area contributed by atoms with Crippen LogP contribution in [0.25, 0.3) is 5.82 Å². The van der Waals surface area contributed by atoms with Gasteiger partial charge < -0.3 is 10.6 Å². The summed E-state index contributed by atoms with van der Waals surface area (Å²) in [5, 5.41) is 0. The second kappa shape index (κ2) is 5.65. The number of amides is 1. The molecule has 0 saturated carbocycles. The third-order valence-corrected chi connectivity index (χ3v) is 3.65. The minimum Gasteiger partial charge on any atom is -0.336 e. The van der Waals surface area contributed by atoms with Gasteiger partial charge in [-0.05, 0) is 18.6 Å². The zero-order valence-corrected chi connectivity index (χ0v) is 12.0. The lowest BCUT2D eigenvalue weighted by Crippen LogP contribution is -2.32. The van der Waals surface area contributed by atoms with Gasteiger partial charge in [-0.15, -0.1) is 0 Å². The van der Waals surface area contributed by atoms with Gasteiger partial charge in [-0.25, -0.2) is 9.97 Å². The monoisotopic (exact) mass is 325 g/mol. The van der Waals surface area contributed by atoms with Gasteiger partial charge in [0.1, 0.15) is 17.8 Å². The largest absolute Gasteiger partial charge is 0.416 e. The van der Waals surface area contributed by atoms with Crippen LogP contribution in [0.3, 0.4) is 0 Å². The fourth-order valence-electron chi connectivity index (χ4n) is 2.43. The number of hydrogen-bond donors (Lipinski definition) is 1. The fraction of sp³-hybridized carbons (Fsp3) is 0.357. The third kappa shape index (κ3) is 3.19. The maximum Gasteiger partial charge on any atom is 0.416 e. The van der Waals surface area contributed by atoms with E-state index in [1.165, 1.54) is 17.1 Å². The highest BCUT2D eigenvalue weighted by Crippen LogP contribution is 2.29. The lowest BCUT2D eigenvalue weighted by Gasteiger charge is -2.13. The Balaban J connectivity index is 1.83. The van der Waals surface area contributed by atoms with Crippen LogP contribution in [0.1, 0.15) is 22.5 Å². The van der Waals surface area contributed by atoms with Crippen molar-refractivity contribution in [3.05, 3.63) is 42.1 Å². The predicted molar refractivity (Wildman–Crippen MR) is 74.9 cm³/mol. The topological polar surface area (TPSA) is 77.0 Å². The van der Waals surface area contributed by atoms with E-state index in [9.17, 15) is 18.0 Å². The van der Waals surface area contributed by atoms with Crippen molar-refractivity contribution in [1.82, 2.24) is 19.4 Å². The van der Waals surface area contributed by atoms with E-state index in [0.29, 0.717) is 13.1 Å². The molecule has 1 unspecified atom stereocenters. The lowest BCUT2D eigenvalue weighted by atomic mass is 10.2. The molecule has 1 aliphatic rings. The van der Waals surface area contributed by atoms with E-state index >= 15 is 0 Å². The van der Waals surface area contributed by atoms with Crippen LogP contribution in [-0.2, 0) is 6.18 Å². The summed E-state index contributed by atoms with van der Waals surface area (Å²) in [4.78, 5) is 21.7. The minimum atomic E-state index is -4.46. The summed E-state index contributed by atoms with van der Waals surface area (Å²) in [6.07, 6.45) is -0.0240. The van der Waals surface area contributed by atoms with Gasteiger partial charge in [-0.3, -0.25) is 9.36 Å². The van der Waals surface area contributed by atoms with Crippen molar-refractivity contribution < 1.29 is 18.0 Å². The van der Waals surface area contributed by atoms with Gasteiger partial charge >= 0.3 is 6.18 Å². The number of rotatable bonds is 2. The molecule has 0 aliphatic carbocycles. The number of carbonyl (C=O) groups is 1. The summed E-state index contributed by atoms with van der Waals surface area (Å²) in [5.41, 5.74) is 5.10. The summed E-state index contributed by atoms with van der Waals surface area (Å²) in [5.74, 6) is -0.242. The van der Waals surface area contributed by atoms with Crippen molar-refractivity contribution in [3.8, 4) is 5.82 Å². The highest BCUT2D eigenvalue weighted by atomic mass is 19.4. The number of alkyl halides is 3.